The third-order valence-corrected chi connectivity index (χ3v) is 2.80. The Morgan fingerprint density at radius 1 is 1.53 bits per heavy atom. The summed E-state index contributed by atoms with van der Waals surface area (Å²) in [6.07, 6.45) is 1.08. The predicted octanol–water partition coefficient (Wildman–Crippen LogP) is 2.19. The molecule has 0 aromatic heterocycles. The van der Waals surface area contributed by atoms with Crippen LogP contribution in [0.3, 0.4) is 0 Å². The average Bonchev–Trinajstić information content (AvgIpc) is 2.39. The van der Waals surface area contributed by atoms with Crippen LogP contribution in [0, 0.1) is 0 Å². The Kier molecular flexibility index (Phi) is 5.63. The van der Waals surface area contributed by atoms with E-state index < -0.39 is 12.0 Å². The fourth-order valence-corrected chi connectivity index (χ4v) is 1.85. The van der Waals surface area contributed by atoms with Crippen LogP contribution < -0.4 is 15.2 Å². The van der Waals surface area contributed by atoms with Crippen molar-refractivity contribution >= 4 is 23.8 Å². The molecule has 0 aliphatic rings. The Balaban J connectivity index is 3.11. The summed E-state index contributed by atoms with van der Waals surface area (Å²) in [6.45, 7) is 1.91. The first kappa shape index (κ1) is 15.3. The molecule has 1 atom stereocenters. The van der Waals surface area contributed by atoms with E-state index in [9.17, 15) is 9.59 Å². The van der Waals surface area contributed by atoms with Gasteiger partial charge in [-0.3, -0.25) is 9.59 Å². The van der Waals surface area contributed by atoms with E-state index in [2.05, 4.69) is 0 Å². The van der Waals surface area contributed by atoms with Crippen molar-refractivity contribution in [3.05, 3.63) is 22.7 Å². The Morgan fingerprint density at radius 3 is 2.68 bits per heavy atom. The highest BCUT2D eigenvalue weighted by Crippen LogP contribution is 2.37. The van der Waals surface area contributed by atoms with E-state index in [1.165, 1.54) is 19.2 Å². The quantitative estimate of drug-likeness (QED) is 0.779. The fourth-order valence-electron chi connectivity index (χ4n) is 1.59. The largest absolute Gasteiger partial charge is 0.493 e. The number of halogens is 1. The molecule has 0 radical (unpaired) electrons. The summed E-state index contributed by atoms with van der Waals surface area (Å²) in [6, 6.07) is 2.93. The standard InChI is InChI=1S/C13H16ClNO4/c1-3-4-10(13(15)17)19-12-9(14)5-8(7-16)6-11(12)18-2/h5-7,10H,3-4H2,1-2H3,(H2,15,17). The van der Waals surface area contributed by atoms with Gasteiger partial charge in [-0.05, 0) is 18.6 Å². The number of primary amides is 1. The topological polar surface area (TPSA) is 78.6 Å². The summed E-state index contributed by atoms with van der Waals surface area (Å²) < 4.78 is 10.6. The van der Waals surface area contributed by atoms with Crippen LogP contribution in [0.1, 0.15) is 30.1 Å². The minimum atomic E-state index is -0.779. The maximum absolute atomic E-state index is 11.3. The number of hydrogen-bond acceptors (Lipinski definition) is 4. The number of ether oxygens (including phenoxy) is 2. The molecule has 104 valence electrons. The SMILES string of the molecule is CCCC(Oc1c(Cl)cc(C=O)cc1OC)C(N)=O. The molecule has 1 aromatic carbocycles. The number of hydrogen-bond donors (Lipinski definition) is 1. The molecule has 0 aliphatic heterocycles. The van der Waals surface area contributed by atoms with Crippen molar-refractivity contribution in [2.24, 2.45) is 5.73 Å². The van der Waals surface area contributed by atoms with E-state index >= 15 is 0 Å². The van der Waals surface area contributed by atoms with Gasteiger partial charge in [0.2, 0.25) is 0 Å². The zero-order valence-electron chi connectivity index (χ0n) is 10.8. The maximum Gasteiger partial charge on any atom is 0.258 e. The number of methoxy groups -OCH3 is 1. The van der Waals surface area contributed by atoms with Gasteiger partial charge in [-0.2, -0.15) is 0 Å². The third kappa shape index (κ3) is 3.86. The highest BCUT2D eigenvalue weighted by atomic mass is 35.5. The van der Waals surface area contributed by atoms with Gasteiger partial charge in [0, 0.05) is 5.56 Å². The van der Waals surface area contributed by atoms with Gasteiger partial charge in [0.25, 0.3) is 5.91 Å². The molecule has 5 nitrogen and oxygen atoms in total. The normalized spacial score (nSPS) is 11.7. The summed E-state index contributed by atoms with van der Waals surface area (Å²) in [5.74, 6) is -0.0663. The molecule has 1 amide bonds. The molecular weight excluding hydrogens is 270 g/mol. The van der Waals surface area contributed by atoms with Gasteiger partial charge in [0.1, 0.15) is 6.29 Å². The van der Waals surface area contributed by atoms with Crippen LogP contribution in [0.2, 0.25) is 5.02 Å². The molecule has 0 saturated carbocycles. The molecule has 1 aromatic rings. The van der Waals surface area contributed by atoms with Crippen LogP contribution in [0.15, 0.2) is 12.1 Å². The second kappa shape index (κ2) is 6.99. The van der Waals surface area contributed by atoms with Crippen LogP contribution in [0.25, 0.3) is 0 Å². The maximum atomic E-state index is 11.3. The minimum absolute atomic E-state index is 0.198. The number of benzene rings is 1. The lowest BCUT2D eigenvalue weighted by atomic mass is 10.2. The molecule has 6 heteroatoms. The highest BCUT2D eigenvalue weighted by Gasteiger charge is 2.21. The predicted molar refractivity (Wildman–Crippen MR) is 71.9 cm³/mol. The van der Waals surface area contributed by atoms with Gasteiger partial charge >= 0.3 is 0 Å². The second-order valence-electron chi connectivity index (χ2n) is 3.95. The third-order valence-electron chi connectivity index (χ3n) is 2.52. The van der Waals surface area contributed by atoms with Gasteiger partial charge in [-0.25, -0.2) is 0 Å². The van der Waals surface area contributed by atoms with Crippen LogP contribution >= 0.6 is 11.6 Å². The fraction of sp³-hybridized carbons (Fsp3) is 0.385. The van der Waals surface area contributed by atoms with Crippen molar-refractivity contribution in [2.45, 2.75) is 25.9 Å². The smallest absolute Gasteiger partial charge is 0.258 e. The lowest BCUT2D eigenvalue weighted by Gasteiger charge is -2.18. The van der Waals surface area contributed by atoms with Gasteiger partial charge in [-0.1, -0.05) is 24.9 Å². The van der Waals surface area contributed by atoms with Gasteiger partial charge in [-0.15, -0.1) is 0 Å². The first-order chi connectivity index (χ1) is 9.03. The molecule has 0 bridgehead atoms. The Morgan fingerprint density at radius 2 is 2.21 bits per heavy atom. The Bertz CT molecular complexity index is 476. The Labute approximate surface area is 116 Å². The average molecular weight is 286 g/mol. The molecule has 0 spiro atoms. The number of amides is 1. The van der Waals surface area contributed by atoms with Crippen LogP contribution in [0.5, 0.6) is 11.5 Å². The Hall–Kier alpha value is -1.75. The molecule has 0 aliphatic carbocycles. The molecule has 0 fully saturated rings. The van der Waals surface area contributed by atoms with Crippen LogP contribution in [0.4, 0.5) is 0 Å². The van der Waals surface area contributed by atoms with Crippen molar-refractivity contribution < 1.29 is 19.1 Å². The number of carbonyl (C=O) groups is 2. The van der Waals surface area contributed by atoms with Gasteiger partial charge < -0.3 is 15.2 Å². The van der Waals surface area contributed by atoms with E-state index in [4.69, 9.17) is 26.8 Å². The van der Waals surface area contributed by atoms with Crippen molar-refractivity contribution in [2.75, 3.05) is 7.11 Å². The second-order valence-corrected chi connectivity index (χ2v) is 4.36. The number of rotatable bonds is 7. The molecule has 2 N–H and O–H groups in total. The first-order valence-electron chi connectivity index (χ1n) is 5.82. The van der Waals surface area contributed by atoms with E-state index in [1.807, 2.05) is 6.92 Å². The summed E-state index contributed by atoms with van der Waals surface area (Å²) in [7, 11) is 1.42. The summed E-state index contributed by atoms with van der Waals surface area (Å²) in [5.41, 5.74) is 5.63. The number of aldehydes is 1. The summed E-state index contributed by atoms with van der Waals surface area (Å²) >= 11 is 6.03. The zero-order valence-corrected chi connectivity index (χ0v) is 11.6. The van der Waals surface area contributed by atoms with E-state index in [1.54, 1.807) is 0 Å². The minimum Gasteiger partial charge on any atom is -0.493 e. The first-order valence-corrected chi connectivity index (χ1v) is 6.20. The van der Waals surface area contributed by atoms with Crippen molar-refractivity contribution in [3.8, 4) is 11.5 Å². The summed E-state index contributed by atoms with van der Waals surface area (Å²) in [5, 5.41) is 0.198. The molecule has 1 unspecified atom stereocenters. The van der Waals surface area contributed by atoms with Crippen molar-refractivity contribution in [3.63, 3.8) is 0 Å². The van der Waals surface area contributed by atoms with E-state index in [-0.39, 0.29) is 16.5 Å². The molecule has 1 rings (SSSR count). The van der Waals surface area contributed by atoms with E-state index in [0.29, 0.717) is 18.3 Å². The number of carbonyl (C=O) groups excluding carboxylic acids is 2. The zero-order chi connectivity index (χ0) is 14.4. The lowest BCUT2D eigenvalue weighted by Crippen LogP contribution is -2.33. The number of nitrogens with two attached hydrogens (primary N) is 1. The monoisotopic (exact) mass is 285 g/mol. The molecule has 0 heterocycles. The van der Waals surface area contributed by atoms with Crippen LogP contribution in [-0.4, -0.2) is 25.4 Å². The lowest BCUT2D eigenvalue weighted by molar-refractivity contribution is -0.125. The molecule has 19 heavy (non-hydrogen) atoms. The van der Waals surface area contributed by atoms with Crippen molar-refractivity contribution in [1.82, 2.24) is 0 Å². The highest BCUT2D eigenvalue weighted by molar-refractivity contribution is 6.32. The summed E-state index contributed by atoms with van der Waals surface area (Å²) in [4.78, 5) is 22.0. The van der Waals surface area contributed by atoms with Gasteiger partial charge in [0.15, 0.2) is 17.6 Å². The molecule has 0 saturated heterocycles. The van der Waals surface area contributed by atoms with Crippen molar-refractivity contribution in [1.29, 1.82) is 0 Å². The van der Waals surface area contributed by atoms with E-state index in [0.717, 1.165) is 6.42 Å². The molecular formula is C13H16ClNO4. The van der Waals surface area contributed by atoms with Gasteiger partial charge in [0.05, 0.1) is 12.1 Å². The van der Waals surface area contributed by atoms with Crippen LogP contribution in [-0.2, 0) is 4.79 Å².